The maximum atomic E-state index is 12.7. The van der Waals surface area contributed by atoms with Crippen molar-refractivity contribution < 1.29 is 19.4 Å². The lowest BCUT2D eigenvalue weighted by molar-refractivity contribution is -0.138. The molecule has 1 aliphatic rings. The average Bonchev–Trinajstić information content (AvgIpc) is 3.03. The lowest BCUT2D eigenvalue weighted by Crippen LogP contribution is -2.39. The third kappa shape index (κ3) is 3.87. The molecule has 138 valence electrons. The van der Waals surface area contributed by atoms with Crippen molar-refractivity contribution in [2.45, 2.75) is 26.2 Å². The van der Waals surface area contributed by atoms with Gasteiger partial charge in [-0.25, -0.2) is 4.68 Å². The fourth-order valence-electron chi connectivity index (χ4n) is 3.31. The van der Waals surface area contributed by atoms with Crippen LogP contribution in [0.25, 0.3) is 5.69 Å². The normalized spacial score (nSPS) is 15.1. The number of rotatable bonds is 5. The first kappa shape index (κ1) is 18.0. The summed E-state index contributed by atoms with van der Waals surface area (Å²) in [7, 11) is 1.62. The number of carbonyl (C=O) groups excluding carboxylic acids is 1. The van der Waals surface area contributed by atoms with Crippen molar-refractivity contribution >= 4 is 11.9 Å². The molecule has 2 heterocycles. The zero-order chi connectivity index (χ0) is 18.7. The third-order valence-electron chi connectivity index (χ3n) is 4.79. The molecule has 1 fully saturated rings. The Bertz CT molecular complexity index is 790. The number of hydrogen-bond acceptors (Lipinski definition) is 4. The number of likely N-dealkylation sites (tertiary alicyclic amines) is 1. The van der Waals surface area contributed by atoms with Gasteiger partial charge < -0.3 is 14.7 Å². The Morgan fingerprint density at radius 2 is 1.88 bits per heavy atom. The molecule has 1 N–H and O–H groups in total. The maximum absolute atomic E-state index is 12.7. The number of piperidine rings is 1. The molecule has 0 bridgehead atoms. The van der Waals surface area contributed by atoms with E-state index >= 15 is 0 Å². The molecular formula is C19H23N3O4. The minimum Gasteiger partial charge on any atom is -0.497 e. The maximum Gasteiger partial charge on any atom is 0.303 e. The summed E-state index contributed by atoms with van der Waals surface area (Å²) < 4.78 is 6.90. The topological polar surface area (TPSA) is 84.7 Å². The fourth-order valence-corrected chi connectivity index (χ4v) is 3.31. The van der Waals surface area contributed by atoms with Gasteiger partial charge in [0.25, 0.3) is 5.91 Å². The van der Waals surface area contributed by atoms with E-state index in [0.29, 0.717) is 18.8 Å². The van der Waals surface area contributed by atoms with Gasteiger partial charge in [-0.2, -0.15) is 5.10 Å². The summed E-state index contributed by atoms with van der Waals surface area (Å²) in [4.78, 5) is 25.3. The number of hydrogen-bond donors (Lipinski definition) is 1. The average molecular weight is 357 g/mol. The van der Waals surface area contributed by atoms with E-state index in [4.69, 9.17) is 9.84 Å². The van der Waals surface area contributed by atoms with Gasteiger partial charge in [-0.3, -0.25) is 9.59 Å². The molecule has 1 saturated heterocycles. The molecule has 1 aromatic heterocycles. The second-order valence-electron chi connectivity index (χ2n) is 6.61. The molecular weight excluding hydrogens is 334 g/mol. The van der Waals surface area contributed by atoms with Crippen molar-refractivity contribution in [3.05, 3.63) is 41.7 Å². The van der Waals surface area contributed by atoms with Crippen LogP contribution in [-0.2, 0) is 4.79 Å². The molecule has 0 saturated carbocycles. The van der Waals surface area contributed by atoms with Crippen LogP contribution >= 0.6 is 0 Å². The van der Waals surface area contributed by atoms with Crippen molar-refractivity contribution in [2.75, 3.05) is 20.2 Å². The van der Waals surface area contributed by atoms with Crippen LogP contribution in [-0.4, -0.2) is 51.9 Å². The Labute approximate surface area is 152 Å². The first-order chi connectivity index (χ1) is 12.5. The summed E-state index contributed by atoms with van der Waals surface area (Å²) in [5, 5.41) is 13.4. The van der Waals surface area contributed by atoms with E-state index in [1.807, 2.05) is 31.2 Å². The highest BCUT2D eigenvalue weighted by Crippen LogP contribution is 2.22. The Morgan fingerprint density at radius 3 is 2.46 bits per heavy atom. The van der Waals surface area contributed by atoms with Crippen molar-refractivity contribution in [1.82, 2.24) is 14.7 Å². The van der Waals surface area contributed by atoms with Crippen LogP contribution in [0.3, 0.4) is 0 Å². The van der Waals surface area contributed by atoms with E-state index in [1.165, 1.54) is 0 Å². The van der Waals surface area contributed by atoms with Gasteiger partial charge in [0, 0.05) is 25.2 Å². The third-order valence-corrected chi connectivity index (χ3v) is 4.79. The summed E-state index contributed by atoms with van der Waals surface area (Å²) in [6, 6.07) is 9.28. The molecule has 7 nitrogen and oxygen atoms in total. The minimum atomic E-state index is -0.774. The quantitative estimate of drug-likeness (QED) is 0.889. The predicted octanol–water partition coefficient (Wildman–Crippen LogP) is 2.52. The number of methoxy groups -OCH3 is 1. The Balaban J connectivity index is 1.70. The molecule has 0 aliphatic carbocycles. The summed E-state index contributed by atoms with van der Waals surface area (Å²) in [6.07, 6.45) is 1.61. The van der Waals surface area contributed by atoms with Crippen molar-refractivity contribution in [1.29, 1.82) is 0 Å². The summed E-state index contributed by atoms with van der Waals surface area (Å²) in [5.41, 5.74) is 2.15. The standard InChI is InChI=1S/C19H23N3O4/c1-13-11-17(20-22(13)15-3-5-16(26-2)6-4-15)19(25)21-9-7-14(8-10-21)12-18(23)24/h3-6,11,14H,7-10,12H2,1-2H3,(H,23,24). The molecule has 3 rings (SSSR count). The molecule has 0 spiro atoms. The van der Waals surface area contributed by atoms with Crippen molar-refractivity contribution in [3.8, 4) is 11.4 Å². The molecule has 7 heteroatoms. The highest BCUT2D eigenvalue weighted by Gasteiger charge is 2.26. The lowest BCUT2D eigenvalue weighted by Gasteiger charge is -2.30. The van der Waals surface area contributed by atoms with Gasteiger partial charge >= 0.3 is 5.97 Å². The number of nitrogens with zero attached hydrogens (tertiary/aromatic N) is 3. The number of carboxylic acid groups (broad SMARTS) is 1. The van der Waals surface area contributed by atoms with Crippen LogP contribution in [0.15, 0.2) is 30.3 Å². The number of carbonyl (C=O) groups is 2. The van der Waals surface area contributed by atoms with Crippen molar-refractivity contribution in [2.24, 2.45) is 5.92 Å². The number of benzene rings is 1. The highest BCUT2D eigenvalue weighted by atomic mass is 16.5. The largest absolute Gasteiger partial charge is 0.497 e. The van der Waals surface area contributed by atoms with Crippen LogP contribution in [0.4, 0.5) is 0 Å². The van der Waals surface area contributed by atoms with E-state index in [2.05, 4.69) is 5.10 Å². The first-order valence-electron chi connectivity index (χ1n) is 8.70. The SMILES string of the molecule is COc1ccc(-n2nc(C(=O)N3CCC(CC(=O)O)CC3)cc2C)cc1. The number of ether oxygens (including phenoxy) is 1. The molecule has 1 aliphatic heterocycles. The molecule has 0 atom stereocenters. The fraction of sp³-hybridized carbons (Fsp3) is 0.421. The van der Waals surface area contributed by atoms with Crippen LogP contribution in [0.2, 0.25) is 0 Å². The number of amides is 1. The first-order valence-corrected chi connectivity index (χ1v) is 8.70. The Kier molecular flexibility index (Phi) is 5.25. The monoisotopic (exact) mass is 357 g/mol. The predicted molar refractivity (Wildman–Crippen MR) is 95.7 cm³/mol. The van der Waals surface area contributed by atoms with E-state index in [9.17, 15) is 9.59 Å². The highest BCUT2D eigenvalue weighted by molar-refractivity contribution is 5.92. The molecule has 2 aromatic rings. The van der Waals surface area contributed by atoms with Crippen LogP contribution in [0.5, 0.6) is 5.75 Å². The van der Waals surface area contributed by atoms with Gasteiger partial charge in [0.15, 0.2) is 5.69 Å². The Hall–Kier alpha value is -2.83. The van der Waals surface area contributed by atoms with Gasteiger partial charge in [0.05, 0.1) is 12.8 Å². The molecule has 1 aromatic carbocycles. The Morgan fingerprint density at radius 1 is 1.23 bits per heavy atom. The van der Waals surface area contributed by atoms with Gasteiger partial charge in [0.1, 0.15) is 5.75 Å². The molecule has 0 unspecified atom stereocenters. The molecule has 1 amide bonds. The van der Waals surface area contributed by atoms with Crippen LogP contribution in [0.1, 0.15) is 35.4 Å². The number of carboxylic acids is 1. The van der Waals surface area contributed by atoms with Crippen LogP contribution in [0, 0.1) is 12.8 Å². The zero-order valence-corrected chi connectivity index (χ0v) is 15.0. The van der Waals surface area contributed by atoms with Gasteiger partial charge in [0.2, 0.25) is 0 Å². The lowest BCUT2D eigenvalue weighted by atomic mass is 9.93. The second-order valence-corrected chi connectivity index (χ2v) is 6.61. The summed E-state index contributed by atoms with van der Waals surface area (Å²) in [5.74, 6) is 0.0343. The van der Waals surface area contributed by atoms with E-state index in [0.717, 1.165) is 30.0 Å². The number of aryl methyl sites for hydroxylation is 1. The van der Waals surface area contributed by atoms with Crippen LogP contribution < -0.4 is 4.74 Å². The molecule has 26 heavy (non-hydrogen) atoms. The van der Waals surface area contributed by atoms with Gasteiger partial charge in [-0.15, -0.1) is 0 Å². The molecule has 0 radical (unpaired) electrons. The van der Waals surface area contributed by atoms with E-state index in [-0.39, 0.29) is 18.2 Å². The number of aromatic nitrogens is 2. The summed E-state index contributed by atoms with van der Waals surface area (Å²) >= 11 is 0. The smallest absolute Gasteiger partial charge is 0.303 e. The van der Waals surface area contributed by atoms with Gasteiger partial charge in [-0.1, -0.05) is 0 Å². The minimum absolute atomic E-state index is 0.103. The zero-order valence-electron chi connectivity index (χ0n) is 15.0. The van der Waals surface area contributed by atoms with E-state index in [1.54, 1.807) is 22.8 Å². The van der Waals surface area contributed by atoms with Crippen molar-refractivity contribution in [3.63, 3.8) is 0 Å². The second kappa shape index (κ2) is 7.59. The van der Waals surface area contributed by atoms with Gasteiger partial charge in [-0.05, 0) is 56.0 Å². The van der Waals surface area contributed by atoms with E-state index < -0.39 is 5.97 Å². The number of aliphatic carboxylic acids is 1. The summed E-state index contributed by atoms with van der Waals surface area (Å²) in [6.45, 7) is 3.06.